The fourth-order valence-electron chi connectivity index (χ4n) is 4.95. The highest BCUT2D eigenvalue weighted by atomic mass is 32.2. The highest BCUT2D eigenvalue weighted by molar-refractivity contribution is 7.89. The molecule has 35 heavy (non-hydrogen) atoms. The highest BCUT2D eigenvalue weighted by Crippen LogP contribution is 2.41. The molecule has 10 nitrogen and oxygen atoms in total. The molecule has 1 saturated heterocycles. The van der Waals surface area contributed by atoms with Gasteiger partial charge in [0.2, 0.25) is 5.88 Å². The molecule has 1 aliphatic carbocycles. The average Bonchev–Trinajstić information content (AvgIpc) is 3.60. The minimum Gasteiger partial charge on any atom is -0.481 e. The first-order valence-electron chi connectivity index (χ1n) is 11.8. The summed E-state index contributed by atoms with van der Waals surface area (Å²) in [7, 11) is 1.78. The molecule has 1 aromatic carbocycles. The lowest BCUT2D eigenvalue weighted by molar-refractivity contribution is 0.329. The van der Waals surface area contributed by atoms with Crippen molar-refractivity contribution in [3.8, 4) is 28.8 Å². The van der Waals surface area contributed by atoms with Crippen molar-refractivity contribution >= 4 is 10.0 Å². The molecular formula is C24H30N6O4S. The lowest BCUT2D eigenvalue weighted by Gasteiger charge is -2.17. The minimum atomic E-state index is -3.78. The summed E-state index contributed by atoms with van der Waals surface area (Å²) in [5, 5.41) is 6.49. The molecule has 0 spiro atoms. The van der Waals surface area contributed by atoms with Gasteiger partial charge in [0.25, 0.3) is 15.2 Å². The van der Waals surface area contributed by atoms with Gasteiger partial charge in [-0.25, -0.2) is 18.5 Å². The molecule has 0 amide bonds. The van der Waals surface area contributed by atoms with Gasteiger partial charge in [0.15, 0.2) is 0 Å². The molecule has 0 radical (unpaired) electrons. The Morgan fingerprint density at radius 1 is 1.23 bits per heavy atom. The quantitative estimate of drug-likeness (QED) is 0.504. The fourth-order valence-corrected chi connectivity index (χ4v) is 6.30. The van der Waals surface area contributed by atoms with Gasteiger partial charge >= 0.3 is 6.01 Å². The highest BCUT2D eigenvalue weighted by Gasteiger charge is 2.35. The van der Waals surface area contributed by atoms with Crippen LogP contribution in [0.5, 0.6) is 17.6 Å². The summed E-state index contributed by atoms with van der Waals surface area (Å²) >= 11 is 0. The number of pyridine rings is 1. The Morgan fingerprint density at radius 2 is 2.09 bits per heavy atom. The van der Waals surface area contributed by atoms with Crippen molar-refractivity contribution in [3.05, 3.63) is 41.6 Å². The van der Waals surface area contributed by atoms with Crippen molar-refractivity contribution in [1.29, 1.82) is 0 Å². The molecule has 3 heterocycles. The van der Waals surface area contributed by atoms with Crippen LogP contribution in [0, 0.1) is 5.92 Å². The van der Waals surface area contributed by atoms with Crippen LogP contribution < -0.4 is 9.47 Å². The number of benzene rings is 1. The van der Waals surface area contributed by atoms with Crippen molar-refractivity contribution in [3.63, 3.8) is 0 Å². The number of aromatic nitrogens is 4. The zero-order valence-electron chi connectivity index (χ0n) is 20.2. The number of ether oxygens (including phenoxy) is 2. The third kappa shape index (κ3) is 4.75. The van der Waals surface area contributed by atoms with Gasteiger partial charge in [-0.2, -0.15) is 9.29 Å². The summed E-state index contributed by atoms with van der Waals surface area (Å²) in [6.45, 7) is 1.79. The lowest BCUT2D eigenvalue weighted by atomic mass is 9.99. The molecule has 11 heteroatoms. The number of aromatic amines is 1. The van der Waals surface area contributed by atoms with Crippen LogP contribution in [0.3, 0.4) is 0 Å². The van der Waals surface area contributed by atoms with Crippen LogP contribution in [0.4, 0.5) is 0 Å². The molecule has 1 N–H and O–H groups in total. The number of nitrogens with one attached hydrogen (secondary N) is 1. The van der Waals surface area contributed by atoms with Gasteiger partial charge < -0.3 is 14.4 Å². The number of H-pyrrole nitrogens is 1. The molecular weight excluding hydrogens is 468 g/mol. The SMILES string of the molecule is COc1cc(-c2ccc3c(c2Oc2n[nH]c(S(=O)(=O)N4CCC(CN(C)C)C4)n2)CCC3)ccn1. The summed E-state index contributed by atoms with van der Waals surface area (Å²) in [5.74, 6) is 1.44. The Kier molecular flexibility index (Phi) is 6.47. The number of rotatable bonds is 8. The Hall–Kier alpha value is -3.02. The topological polar surface area (TPSA) is 114 Å². The molecule has 3 aromatic rings. The normalized spacial score (nSPS) is 18.2. The molecule has 2 aromatic heterocycles. The lowest BCUT2D eigenvalue weighted by Crippen LogP contribution is -2.31. The van der Waals surface area contributed by atoms with E-state index in [2.05, 4.69) is 31.1 Å². The molecule has 1 unspecified atom stereocenters. The molecule has 1 atom stereocenters. The fraction of sp³-hybridized carbons (Fsp3) is 0.458. The molecule has 186 valence electrons. The number of nitrogens with zero attached hydrogens (tertiary/aromatic N) is 5. The van der Waals surface area contributed by atoms with Crippen molar-refractivity contribution in [2.24, 2.45) is 5.92 Å². The zero-order chi connectivity index (χ0) is 24.6. The van der Waals surface area contributed by atoms with E-state index in [0.29, 0.717) is 30.6 Å². The van der Waals surface area contributed by atoms with E-state index in [0.717, 1.165) is 48.9 Å². The van der Waals surface area contributed by atoms with Crippen LogP contribution in [0.1, 0.15) is 24.0 Å². The van der Waals surface area contributed by atoms with Gasteiger partial charge in [-0.1, -0.05) is 12.1 Å². The first-order valence-corrected chi connectivity index (χ1v) is 13.2. The summed E-state index contributed by atoms with van der Waals surface area (Å²) in [6.07, 6.45) is 5.39. The van der Waals surface area contributed by atoms with E-state index in [1.165, 1.54) is 9.87 Å². The first kappa shape index (κ1) is 23.7. The predicted octanol–water partition coefficient (Wildman–Crippen LogP) is 2.73. The smallest absolute Gasteiger partial charge is 0.342 e. The number of aryl methyl sites for hydroxylation is 1. The molecule has 0 bridgehead atoms. The van der Waals surface area contributed by atoms with E-state index in [1.807, 2.05) is 32.3 Å². The van der Waals surface area contributed by atoms with E-state index in [4.69, 9.17) is 9.47 Å². The number of fused-ring (bicyclic) bond motifs is 1. The van der Waals surface area contributed by atoms with Crippen LogP contribution in [-0.4, -0.2) is 78.6 Å². The number of sulfonamides is 1. The second kappa shape index (κ2) is 9.56. The van der Waals surface area contributed by atoms with E-state index in [9.17, 15) is 8.42 Å². The van der Waals surface area contributed by atoms with E-state index >= 15 is 0 Å². The third-order valence-electron chi connectivity index (χ3n) is 6.58. The second-order valence-electron chi connectivity index (χ2n) is 9.33. The van der Waals surface area contributed by atoms with Gasteiger partial charge in [0, 0.05) is 37.5 Å². The van der Waals surface area contributed by atoms with Crippen LogP contribution in [-0.2, 0) is 22.9 Å². The predicted molar refractivity (Wildman–Crippen MR) is 130 cm³/mol. The summed E-state index contributed by atoms with van der Waals surface area (Å²) in [4.78, 5) is 10.5. The van der Waals surface area contributed by atoms with Crippen LogP contribution in [0.15, 0.2) is 35.6 Å². The standard InChI is InChI=1S/C24H30N6O4S/c1-29(2)14-16-10-12-30(15-16)35(31,32)24-26-23(27-28-24)34-22-19-6-4-5-17(19)7-8-20(22)18-9-11-25-21(13-18)33-3/h7-9,11,13,16H,4-6,10,12,14-15H2,1-3H3,(H,26,27,28). The van der Waals surface area contributed by atoms with Crippen LogP contribution in [0.25, 0.3) is 11.1 Å². The van der Waals surface area contributed by atoms with Gasteiger partial charge in [0.05, 0.1) is 7.11 Å². The van der Waals surface area contributed by atoms with E-state index < -0.39 is 10.0 Å². The van der Waals surface area contributed by atoms with Gasteiger partial charge in [-0.3, -0.25) is 0 Å². The maximum Gasteiger partial charge on any atom is 0.342 e. The van der Waals surface area contributed by atoms with Gasteiger partial charge in [-0.15, -0.1) is 5.10 Å². The first-order chi connectivity index (χ1) is 16.8. The zero-order valence-corrected chi connectivity index (χ0v) is 21.0. The van der Waals surface area contributed by atoms with Crippen molar-refractivity contribution in [2.75, 3.05) is 40.8 Å². The molecule has 5 rings (SSSR count). The third-order valence-corrected chi connectivity index (χ3v) is 8.26. The Labute approximate surface area is 205 Å². The maximum absolute atomic E-state index is 13.2. The summed E-state index contributed by atoms with van der Waals surface area (Å²) in [5.41, 5.74) is 4.05. The molecule has 1 aliphatic heterocycles. The molecule has 2 aliphatic rings. The van der Waals surface area contributed by atoms with Crippen LogP contribution >= 0.6 is 0 Å². The largest absolute Gasteiger partial charge is 0.481 e. The summed E-state index contributed by atoms with van der Waals surface area (Å²) < 4.78 is 39.3. The number of methoxy groups -OCH3 is 1. The Bertz CT molecular complexity index is 1320. The van der Waals surface area contributed by atoms with Crippen LogP contribution in [0.2, 0.25) is 0 Å². The van der Waals surface area contributed by atoms with Gasteiger partial charge in [0.1, 0.15) is 5.75 Å². The average molecular weight is 499 g/mol. The van der Waals surface area contributed by atoms with Crippen molar-refractivity contribution in [1.82, 2.24) is 29.4 Å². The Morgan fingerprint density at radius 3 is 2.89 bits per heavy atom. The Balaban J connectivity index is 1.43. The molecule has 0 saturated carbocycles. The second-order valence-corrected chi connectivity index (χ2v) is 11.2. The van der Waals surface area contributed by atoms with Crippen molar-refractivity contribution < 1.29 is 17.9 Å². The maximum atomic E-state index is 13.2. The summed E-state index contributed by atoms with van der Waals surface area (Å²) in [6, 6.07) is 7.83. The van der Waals surface area contributed by atoms with E-state index in [1.54, 1.807) is 13.3 Å². The van der Waals surface area contributed by atoms with E-state index in [-0.39, 0.29) is 11.2 Å². The minimum absolute atomic E-state index is 0.0183. The number of hydrogen-bond acceptors (Lipinski definition) is 8. The monoisotopic (exact) mass is 498 g/mol. The van der Waals surface area contributed by atoms with Crippen molar-refractivity contribution in [2.45, 2.75) is 30.8 Å². The van der Waals surface area contributed by atoms with Gasteiger partial charge in [-0.05, 0) is 68.5 Å². The number of hydrogen-bond donors (Lipinski definition) is 1. The molecule has 1 fully saturated rings.